The molecule has 0 bridgehead atoms. The third-order valence-corrected chi connectivity index (χ3v) is 12.0. The zero-order chi connectivity index (χ0) is 36.9. The normalized spacial score (nSPS) is 13.9. The molecule has 5 nitrogen and oxygen atoms in total. The minimum Gasteiger partial charge on any atom is -0.512 e. The molecule has 0 saturated heterocycles. The van der Waals surface area contributed by atoms with Gasteiger partial charge in [-0.1, -0.05) is 99.1 Å². The van der Waals surface area contributed by atoms with Crippen LogP contribution in [0.2, 0.25) is 0 Å². The average molecular weight is 875 g/mol. The number of carbonyl (C=O) groups excluding carboxylic acids is 1. The molecule has 275 valence electrons. The zero-order valence-corrected chi connectivity index (χ0v) is 34.7. The van der Waals surface area contributed by atoms with Crippen molar-refractivity contribution < 1.29 is 38.8 Å². The van der Waals surface area contributed by atoms with E-state index in [0.29, 0.717) is 5.92 Å². The molecule has 0 fully saturated rings. The monoisotopic (exact) mass is 875 g/mol. The fourth-order valence-electron chi connectivity index (χ4n) is 7.45. The van der Waals surface area contributed by atoms with Crippen molar-refractivity contribution in [1.29, 1.82) is 0 Å². The van der Waals surface area contributed by atoms with Crippen molar-refractivity contribution in [2.45, 2.75) is 106 Å². The van der Waals surface area contributed by atoms with Gasteiger partial charge >= 0.3 is 0 Å². The van der Waals surface area contributed by atoms with E-state index in [4.69, 9.17) is 13.8 Å². The summed E-state index contributed by atoms with van der Waals surface area (Å²) in [5, 5.41) is 13.5. The third kappa shape index (κ3) is 6.47. The Morgan fingerprint density at radius 1 is 0.865 bits per heavy atom. The van der Waals surface area contributed by atoms with Gasteiger partial charge in [-0.25, -0.2) is 0 Å². The van der Waals surface area contributed by atoms with Crippen LogP contribution in [0.15, 0.2) is 87.5 Å². The van der Waals surface area contributed by atoms with E-state index in [2.05, 4.69) is 76.2 Å². The number of rotatable bonds is 9. The molecule has 1 radical (unpaired) electrons. The molecule has 0 unspecified atom stereocenters. The number of para-hydroxylation sites is 1. The smallest absolute Gasteiger partial charge is 0.164 e. The molecule has 7 rings (SSSR count). The van der Waals surface area contributed by atoms with Crippen molar-refractivity contribution in [2.75, 3.05) is 0 Å². The summed E-state index contributed by atoms with van der Waals surface area (Å²) in [6.07, 6.45) is 6.64. The molecule has 3 heterocycles. The molecule has 0 spiro atoms. The number of aromatic nitrogens is 1. The van der Waals surface area contributed by atoms with Crippen LogP contribution in [0, 0.1) is 16.9 Å². The fraction of sp³-hybridized carbons (Fsp3) is 0.391. The first-order valence-electron chi connectivity index (χ1n) is 18.6. The van der Waals surface area contributed by atoms with Crippen molar-refractivity contribution in [3.05, 3.63) is 101 Å². The molecular formula is C46H52IrNO4-. The Balaban J connectivity index is 0.000000250. The number of hydrogen-bond donors (Lipinski definition) is 1. The molecule has 0 amide bonds. The fourth-order valence-corrected chi connectivity index (χ4v) is 7.45. The van der Waals surface area contributed by atoms with E-state index in [-0.39, 0.29) is 47.9 Å². The van der Waals surface area contributed by atoms with Crippen LogP contribution < -0.4 is 0 Å². The maximum Gasteiger partial charge on any atom is 0.164 e. The minimum absolute atomic E-state index is 0. The Kier molecular flexibility index (Phi) is 11.2. The second-order valence-corrected chi connectivity index (χ2v) is 15.5. The maximum atomic E-state index is 12.2. The first-order chi connectivity index (χ1) is 24.2. The summed E-state index contributed by atoms with van der Waals surface area (Å²) in [5.41, 5.74) is 8.42. The van der Waals surface area contributed by atoms with Crippen LogP contribution in [0.25, 0.3) is 55.5 Å². The van der Waals surface area contributed by atoms with Gasteiger partial charge in [-0.15, -0.1) is 29.3 Å². The summed E-state index contributed by atoms with van der Waals surface area (Å²) < 4.78 is 12.8. The topological polar surface area (TPSA) is 76.5 Å². The molecule has 6 aromatic rings. The zero-order valence-electron chi connectivity index (χ0n) is 32.3. The summed E-state index contributed by atoms with van der Waals surface area (Å²) in [4.78, 5) is 17.0. The van der Waals surface area contributed by atoms with Crippen molar-refractivity contribution in [2.24, 2.45) is 10.8 Å². The quantitative estimate of drug-likeness (QED) is 0.0889. The summed E-state index contributed by atoms with van der Waals surface area (Å²) in [6.45, 7) is 21.1. The molecular weight excluding hydrogens is 823 g/mol. The number of aliphatic hydroxyl groups excluding tert-OH is 1. The Bertz CT molecular complexity index is 2280. The third-order valence-electron chi connectivity index (χ3n) is 12.0. The molecule has 6 heteroatoms. The predicted octanol–water partition coefficient (Wildman–Crippen LogP) is 13.3. The summed E-state index contributed by atoms with van der Waals surface area (Å²) >= 11 is 0. The summed E-state index contributed by atoms with van der Waals surface area (Å²) in [5.74, 6) is 1.70. The van der Waals surface area contributed by atoms with Crippen molar-refractivity contribution in [3.63, 3.8) is 0 Å². The molecule has 1 aliphatic carbocycles. The van der Waals surface area contributed by atoms with Gasteiger partial charge in [0.1, 0.15) is 28.3 Å². The van der Waals surface area contributed by atoms with Gasteiger partial charge < -0.3 is 18.9 Å². The molecule has 52 heavy (non-hydrogen) atoms. The van der Waals surface area contributed by atoms with E-state index in [1.54, 1.807) is 0 Å². The number of aliphatic hydroxyl groups is 1. The van der Waals surface area contributed by atoms with Gasteiger partial charge in [0.25, 0.3) is 0 Å². The van der Waals surface area contributed by atoms with Crippen LogP contribution in [0.1, 0.15) is 118 Å². The first kappa shape index (κ1) is 39.2. The van der Waals surface area contributed by atoms with Gasteiger partial charge in [0.15, 0.2) is 5.78 Å². The Morgan fingerprint density at radius 3 is 2.17 bits per heavy atom. The first-order valence-corrected chi connectivity index (χ1v) is 18.6. The molecule has 3 aromatic heterocycles. The van der Waals surface area contributed by atoms with Crippen LogP contribution in [-0.2, 0) is 30.3 Å². The average Bonchev–Trinajstić information content (AvgIpc) is 3.79. The molecule has 1 N–H and O–H groups in total. The van der Waals surface area contributed by atoms with Gasteiger partial charge in [-0.3, -0.25) is 4.79 Å². The number of furan rings is 2. The Hall–Kier alpha value is -3.99. The molecule has 1 aliphatic rings. The Labute approximate surface area is 322 Å². The van der Waals surface area contributed by atoms with E-state index in [1.807, 2.05) is 65.9 Å². The van der Waals surface area contributed by atoms with Crippen LogP contribution in [0.5, 0.6) is 0 Å². The molecule has 3 aromatic carbocycles. The standard InChI is InChI=1S/C31H24NO2.C15H28O2.Ir/c1-17(2)18-12-13-25-23(16-18)19-14-15-32-28(30(19)34-25)21-9-7-10-22-26(21)31(3,4)27-20-8-5-6-11-24(20)33-29(22)27;1-7-14(5,8-2)12(16)11-13(17)15(6,9-3)10-4;/h5-8,10-17H,1-4H3;11,16H,7-10H2,1-6H3;/q-1;;/b;12-11-;. The van der Waals surface area contributed by atoms with E-state index >= 15 is 0 Å². The van der Waals surface area contributed by atoms with Gasteiger partial charge in [0, 0.05) is 70.6 Å². The van der Waals surface area contributed by atoms with Gasteiger partial charge in [-0.05, 0) is 66.8 Å². The number of fused-ring (bicyclic) bond motifs is 8. The van der Waals surface area contributed by atoms with Gasteiger partial charge in [0.05, 0.1) is 0 Å². The summed E-state index contributed by atoms with van der Waals surface area (Å²) in [7, 11) is 0. The number of hydrogen-bond acceptors (Lipinski definition) is 5. The Morgan fingerprint density at radius 2 is 1.52 bits per heavy atom. The van der Waals surface area contributed by atoms with Crippen molar-refractivity contribution in [3.8, 4) is 22.6 Å². The number of benzene rings is 3. The second-order valence-electron chi connectivity index (χ2n) is 15.5. The van der Waals surface area contributed by atoms with E-state index in [9.17, 15) is 9.90 Å². The number of ketones is 1. The number of nitrogens with zero attached hydrogens (tertiary/aromatic N) is 1. The molecule has 0 aliphatic heterocycles. The predicted molar refractivity (Wildman–Crippen MR) is 210 cm³/mol. The number of allylic oxidation sites excluding steroid dienone is 2. The van der Waals surface area contributed by atoms with E-state index in [1.165, 1.54) is 28.2 Å². The molecule has 0 atom stereocenters. The largest absolute Gasteiger partial charge is 0.512 e. The SMILES string of the molecule is CC(C)c1ccc2oc3c(-c4[c-]ccc5c4C(C)(C)c4c-5oc5ccccc45)nccc3c2c1.CCC(C)(CC)C(=O)/C=C(\O)C(C)(CC)CC.[Ir]. The van der Waals surface area contributed by atoms with Gasteiger partial charge in [0.2, 0.25) is 0 Å². The van der Waals surface area contributed by atoms with Crippen molar-refractivity contribution >= 4 is 38.7 Å². The van der Waals surface area contributed by atoms with Crippen LogP contribution in [-0.4, -0.2) is 15.9 Å². The van der Waals surface area contributed by atoms with Crippen LogP contribution in [0.3, 0.4) is 0 Å². The summed E-state index contributed by atoms with van der Waals surface area (Å²) in [6, 6.07) is 24.4. The van der Waals surface area contributed by atoms with Crippen LogP contribution in [0.4, 0.5) is 0 Å². The number of carbonyl (C=O) groups is 1. The second kappa shape index (κ2) is 14.8. The van der Waals surface area contributed by atoms with Crippen LogP contribution >= 0.6 is 0 Å². The van der Waals surface area contributed by atoms with E-state index in [0.717, 1.165) is 75.8 Å². The van der Waals surface area contributed by atoms with Gasteiger partial charge in [-0.2, -0.15) is 0 Å². The maximum absolute atomic E-state index is 12.2. The van der Waals surface area contributed by atoms with E-state index < -0.39 is 0 Å². The van der Waals surface area contributed by atoms with Crippen molar-refractivity contribution in [1.82, 2.24) is 4.98 Å². The molecule has 0 saturated carbocycles. The number of pyridine rings is 1. The minimum atomic E-state index is -0.337.